The molecule has 0 unspecified atom stereocenters. The zero-order chi connectivity index (χ0) is 69.3. The van der Waals surface area contributed by atoms with Crippen molar-refractivity contribution in [3.63, 3.8) is 0 Å². The van der Waals surface area contributed by atoms with E-state index in [1.165, 1.54) is 39.9 Å². The molecule has 8 rings (SSSR count). The molecule has 2 bridgehead atoms. The molecule has 0 aromatic heterocycles. The van der Waals surface area contributed by atoms with Gasteiger partial charge in [-0.15, -0.1) is 0 Å². The number of piperazine rings is 3. The molecule has 0 atom stereocenters. The van der Waals surface area contributed by atoms with Crippen LogP contribution in [-0.4, -0.2) is 219 Å². The number of allylic oxidation sites excluding steroid dienone is 8. The van der Waals surface area contributed by atoms with Crippen LogP contribution < -0.4 is 36.8 Å². The number of sulfonamides is 1. The summed E-state index contributed by atoms with van der Waals surface area (Å²) in [5, 5.41) is 26.0. The van der Waals surface area contributed by atoms with Crippen molar-refractivity contribution >= 4 is 78.5 Å². The maximum Gasteiger partial charge on any atom is 0.272 e. The van der Waals surface area contributed by atoms with Gasteiger partial charge in [0.15, 0.2) is 12.3 Å². The molecule has 4 amide bonds. The smallest absolute Gasteiger partial charge is 0.272 e. The second-order valence-electron chi connectivity index (χ2n) is 24.8. The predicted molar refractivity (Wildman–Crippen MR) is 353 cm³/mol. The molecule has 0 radical (unpaired) electrons. The summed E-state index contributed by atoms with van der Waals surface area (Å²) in [4.78, 5) is 68.8. The molecule has 5 N–H and O–H groups in total. The van der Waals surface area contributed by atoms with Gasteiger partial charge in [0.05, 0.1) is 73.2 Å². The fourth-order valence-electron chi connectivity index (χ4n) is 12.0. The fourth-order valence-corrected chi connectivity index (χ4v) is 13.7. The van der Waals surface area contributed by atoms with E-state index in [0.717, 1.165) is 92.0 Å². The van der Waals surface area contributed by atoms with Crippen LogP contribution in [-0.2, 0) is 80.4 Å². The Bertz CT molecular complexity index is 3470. The third-order valence-corrected chi connectivity index (χ3v) is 19.7. The van der Waals surface area contributed by atoms with Gasteiger partial charge in [-0.05, 0) is 88.1 Å². The number of benzene rings is 3. The van der Waals surface area contributed by atoms with Crippen molar-refractivity contribution in [3.8, 4) is 0 Å². The molecule has 3 saturated heterocycles. The van der Waals surface area contributed by atoms with E-state index in [1.54, 1.807) is 12.1 Å². The summed E-state index contributed by atoms with van der Waals surface area (Å²) in [6.45, 7) is 20.0. The maximum atomic E-state index is 13.9. The molecule has 5 heterocycles. The number of primary amides is 1. The molecule has 3 aromatic rings. The summed E-state index contributed by atoms with van der Waals surface area (Å²) in [5.74, 6) is -3.80. The van der Waals surface area contributed by atoms with E-state index in [0.29, 0.717) is 18.8 Å². The Hall–Kier alpha value is -7.47. The second kappa shape index (κ2) is 35.9. The van der Waals surface area contributed by atoms with Crippen LogP contribution >= 0.6 is 0 Å². The number of fused-ring (bicyclic) bond motifs is 5. The highest BCUT2D eigenvalue weighted by Gasteiger charge is 2.49. The normalized spacial score (nSPS) is 19.0. The third kappa shape index (κ3) is 23.8. The van der Waals surface area contributed by atoms with Gasteiger partial charge in [0, 0.05) is 104 Å². The first-order valence-electron chi connectivity index (χ1n) is 31.6. The first kappa shape index (κ1) is 77.2. The van der Waals surface area contributed by atoms with Crippen LogP contribution in [0.3, 0.4) is 0 Å². The minimum atomic E-state index is -4.45. The Morgan fingerprint density at radius 3 is 1.89 bits per heavy atom. The van der Waals surface area contributed by atoms with E-state index in [9.17, 15) is 40.6 Å². The van der Waals surface area contributed by atoms with Gasteiger partial charge < -0.3 is 74.1 Å². The first-order valence-corrected chi connectivity index (χ1v) is 34.6. The Kier molecular flexibility index (Phi) is 29.5. The highest BCUT2D eigenvalue weighted by atomic mass is 32.2. The van der Waals surface area contributed by atoms with Gasteiger partial charge in [-0.25, -0.2) is 21.1 Å². The number of quaternary nitrogens is 2. The molecule has 3 aromatic carbocycles. The molecule has 0 spiro atoms. The molecule has 5 aliphatic heterocycles. The highest BCUT2D eigenvalue weighted by Crippen LogP contribution is 2.49. The summed E-state index contributed by atoms with van der Waals surface area (Å²) >= 11 is 0. The van der Waals surface area contributed by atoms with E-state index in [-0.39, 0.29) is 119 Å². The van der Waals surface area contributed by atoms with E-state index in [2.05, 4.69) is 65.7 Å². The standard InChI is InChI=1S/C63H87N9O12S2.2C2H4O2/c1-62(2)52-16-12-13-17-54(52)69(6)56(62)18-10-8-7-9-11-19-57-63(3,4)53-46-51(25-26-55(53)70(57)31-15-45-85(77,78)79)86(80,81)68(5)30-14-20-59(74)65-29-40-83-42-44-84-43-41-82-39-28-60(75)66-47-61(76)67-50-23-21-49(22-24-50)27-32-71-33-36-72(37-34-71,38-35-71)48-58(64)73;2*1-2(3)4/h7-13,16-19,21-26,46H,14-15,20,27-45,47-48H2,1-6H3,(H3-3,64,65,66,67,73,74,75,76,77,78,79);2*1H3,(H,3,4). The topological polar surface area (TPSA) is 339 Å². The summed E-state index contributed by atoms with van der Waals surface area (Å²) in [6, 6.07) is 21.1. The van der Waals surface area contributed by atoms with Gasteiger partial charge in [-0.1, -0.05) is 74.6 Å². The van der Waals surface area contributed by atoms with Crippen LogP contribution in [0.5, 0.6) is 0 Å². The van der Waals surface area contributed by atoms with Crippen molar-refractivity contribution in [2.75, 3.05) is 148 Å². The summed E-state index contributed by atoms with van der Waals surface area (Å²) < 4.78 is 84.5. The van der Waals surface area contributed by atoms with E-state index >= 15 is 0 Å². The number of amides is 4. The molecule has 25 nitrogen and oxygen atoms in total. The molecule has 94 heavy (non-hydrogen) atoms. The van der Waals surface area contributed by atoms with Gasteiger partial charge in [0.1, 0.15) is 46.3 Å². The molecule has 516 valence electrons. The second-order valence-corrected chi connectivity index (χ2v) is 28.4. The zero-order valence-electron chi connectivity index (χ0n) is 55.5. The fraction of sp³-hybridized carbons (Fsp3) is 0.507. The number of rotatable bonds is 34. The quantitative estimate of drug-likeness (QED) is 0.0218. The van der Waals surface area contributed by atoms with E-state index in [4.69, 9.17) is 39.7 Å². The van der Waals surface area contributed by atoms with Crippen LogP contribution in [0.1, 0.15) is 83.9 Å². The lowest BCUT2D eigenvalue weighted by atomic mass is 9.81. The SMILES string of the molecule is CC(=O)[O-].CC(=O)[O-].CN(CCCC(=O)NCCOCCOCCOCCC(=O)NCC(=O)Nc1ccc(CC[N+]23CC[N+](CC(N)=O)(CC2)CC3)cc1)S(=O)(=O)c1ccc2c(c1)C(C)(C)\C(=C/C=C/C=C/C=C/C1=[N+](C)c3ccccc3C1(C)C)N2CCCS(=O)(=O)[O-]. The number of carbonyl (C=O) groups is 6. The average Bonchev–Trinajstić information content (AvgIpc) is 1.54. The number of carbonyl (C=O) groups excluding carboxylic acids is 6. The van der Waals surface area contributed by atoms with Crippen molar-refractivity contribution in [2.24, 2.45) is 5.73 Å². The number of ether oxygens (including phenoxy) is 3. The van der Waals surface area contributed by atoms with Crippen molar-refractivity contribution in [1.29, 1.82) is 0 Å². The Morgan fingerprint density at radius 1 is 0.702 bits per heavy atom. The Labute approximate surface area is 553 Å². The van der Waals surface area contributed by atoms with Gasteiger partial charge in [0.25, 0.3) is 5.91 Å². The van der Waals surface area contributed by atoms with Crippen molar-refractivity contribution < 1.29 is 88.1 Å². The number of nitrogens with one attached hydrogen (secondary N) is 3. The van der Waals surface area contributed by atoms with Crippen LogP contribution in [0.4, 0.5) is 17.1 Å². The summed E-state index contributed by atoms with van der Waals surface area (Å²) in [7, 11) is -4.87. The molecule has 0 aliphatic carbocycles. The molecule has 5 aliphatic rings. The number of nitrogens with zero attached hydrogens (tertiary/aromatic N) is 5. The number of aliphatic carboxylic acids is 2. The Balaban J connectivity index is 0.00000189. The minimum absolute atomic E-state index is 0.0831. The minimum Gasteiger partial charge on any atom is -0.748 e. The molecule has 0 saturated carbocycles. The molecular formula is C67H95N9O16S2. The number of hydrogen-bond acceptors (Lipinski definition) is 17. The summed E-state index contributed by atoms with van der Waals surface area (Å²) in [6.07, 6.45) is 15.2. The number of hydrogen-bond donors (Lipinski definition) is 4. The lowest BCUT2D eigenvalue weighted by Crippen LogP contribution is -2.76. The van der Waals surface area contributed by atoms with Crippen LogP contribution in [0.2, 0.25) is 0 Å². The van der Waals surface area contributed by atoms with Gasteiger partial charge in [-0.2, -0.15) is 4.58 Å². The number of nitrogens with two attached hydrogens (primary N) is 1. The molecular weight excluding hydrogens is 1250 g/mol. The van der Waals surface area contributed by atoms with Crippen LogP contribution in [0, 0.1) is 0 Å². The van der Waals surface area contributed by atoms with Crippen molar-refractivity contribution in [2.45, 2.75) is 89.4 Å². The van der Waals surface area contributed by atoms with Gasteiger partial charge >= 0.3 is 0 Å². The lowest BCUT2D eigenvalue weighted by molar-refractivity contribution is -1.08. The van der Waals surface area contributed by atoms with Crippen molar-refractivity contribution in [3.05, 3.63) is 132 Å². The van der Waals surface area contributed by atoms with E-state index < -0.39 is 43.2 Å². The number of para-hydroxylation sites is 1. The van der Waals surface area contributed by atoms with E-state index in [1.807, 2.05) is 85.5 Å². The maximum absolute atomic E-state index is 13.9. The number of carboxylic acid groups (broad SMARTS) is 2. The number of carboxylic acids is 2. The van der Waals surface area contributed by atoms with Gasteiger partial charge in [-0.3, -0.25) is 19.2 Å². The van der Waals surface area contributed by atoms with Gasteiger partial charge in [0.2, 0.25) is 33.4 Å². The molecule has 27 heteroatoms. The third-order valence-electron chi connectivity index (χ3n) is 17.1. The van der Waals surface area contributed by atoms with Crippen LogP contribution in [0.25, 0.3) is 0 Å². The predicted octanol–water partition coefficient (Wildman–Crippen LogP) is 1.89. The largest absolute Gasteiger partial charge is 0.748 e. The van der Waals surface area contributed by atoms with Crippen LogP contribution in [0.15, 0.2) is 120 Å². The molecule has 3 fully saturated rings. The zero-order valence-corrected chi connectivity index (χ0v) is 57.2. The lowest BCUT2D eigenvalue weighted by Gasteiger charge is -2.55. The van der Waals surface area contributed by atoms with Crippen molar-refractivity contribution in [1.82, 2.24) is 14.9 Å². The Morgan fingerprint density at radius 2 is 1.28 bits per heavy atom. The average molecular weight is 1350 g/mol. The first-order chi connectivity index (χ1) is 44.3. The monoisotopic (exact) mass is 1350 g/mol. The highest BCUT2D eigenvalue weighted by molar-refractivity contribution is 7.89. The number of anilines is 2. The summed E-state index contributed by atoms with van der Waals surface area (Å²) in [5.41, 5.74) is 12.4.